The molecular weight excluding hydrogens is 568 g/mol. The molecule has 11 nitrogen and oxygen atoms in total. The van der Waals surface area contributed by atoms with Gasteiger partial charge in [0.05, 0.1) is 21.2 Å². The SMILES string of the molecule is Cc1ccc(S(=O)(=O)N(C(N)=O)c2ccc(Oc3ccc(N(C(N)=O)S(=O)(=O)c4ccc(C)cc4)cc3)cc2)cc1. The number of hydrogen-bond acceptors (Lipinski definition) is 7. The number of primary amides is 2. The van der Waals surface area contributed by atoms with Crippen molar-refractivity contribution in [2.75, 3.05) is 8.61 Å². The van der Waals surface area contributed by atoms with E-state index in [-0.39, 0.29) is 32.7 Å². The number of urea groups is 2. The summed E-state index contributed by atoms with van der Waals surface area (Å²) in [5.74, 6) is 0.551. The van der Waals surface area contributed by atoms with Crippen LogP contribution in [0.15, 0.2) is 107 Å². The predicted octanol–water partition coefficient (Wildman–Crippen LogP) is 4.64. The van der Waals surface area contributed by atoms with Crippen molar-refractivity contribution in [3.8, 4) is 11.5 Å². The molecule has 212 valence electrons. The lowest BCUT2D eigenvalue weighted by molar-refractivity contribution is 0.256. The standard InChI is InChI=1S/C28H26N4O7S2/c1-19-3-15-25(16-4-19)40(35,36)31(27(29)33)21-7-11-23(12-8-21)39-24-13-9-22(10-14-24)32(28(30)34)41(37,38)26-17-5-20(2)6-18-26/h3-18H,1-2H3,(H2,29,33)(H2,30,34). The van der Waals surface area contributed by atoms with Crippen LogP contribution in [0, 0.1) is 13.8 Å². The number of sulfonamides is 2. The van der Waals surface area contributed by atoms with E-state index in [9.17, 15) is 26.4 Å². The normalized spacial score (nSPS) is 11.5. The molecule has 0 heterocycles. The molecular formula is C28H26N4O7S2. The molecule has 0 radical (unpaired) electrons. The molecule has 0 saturated heterocycles. The van der Waals surface area contributed by atoms with Crippen LogP contribution in [0.5, 0.6) is 11.5 Å². The van der Waals surface area contributed by atoms with E-state index in [1.54, 1.807) is 38.1 Å². The monoisotopic (exact) mass is 594 g/mol. The maximum Gasteiger partial charge on any atom is 0.333 e. The number of carbonyl (C=O) groups is 2. The van der Waals surface area contributed by atoms with E-state index in [1.165, 1.54) is 72.8 Å². The number of rotatable bonds is 8. The minimum atomic E-state index is -4.27. The van der Waals surface area contributed by atoms with Gasteiger partial charge in [-0.05, 0) is 86.6 Å². The highest BCUT2D eigenvalue weighted by Gasteiger charge is 2.30. The Morgan fingerprint density at radius 1 is 0.537 bits per heavy atom. The smallest absolute Gasteiger partial charge is 0.333 e. The third-order valence-corrected chi connectivity index (χ3v) is 9.38. The average molecular weight is 595 g/mol. The zero-order valence-electron chi connectivity index (χ0n) is 22.0. The second-order valence-electron chi connectivity index (χ2n) is 8.93. The Balaban J connectivity index is 1.55. The van der Waals surface area contributed by atoms with Gasteiger partial charge in [0.25, 0.3) is 20.0 Å². The summed E-state index contributed by atoms with van der Waals surface area (Å²) >= 11 is 0. The maximum atomic E-state index is 13.1. The van der Waals surface area contributed by atoms with E-state index in [0.717, 1.165) is 11.1 Å². The molecule has 13 heteroatoms. The molecule has 4 aromatic carbocycles. The number of hydrogen-bond donors (Lipinski definition) is 2. The van der Waals surface area contributed by atoms with E-state index in [1.807, 2.05) is 0 Å². The Hall–Kier alpha value is -4.88. The minimum Gasteiger partial charge on any atom is -0.457 e. The van der Waals surface area contributed by atoms with Gasteiger partial charge < -0.3 is 16.2 Å². The summed E-state index contributed by atoms with van der Waals surface area (Å²) in [6, 6.07) is 20.7. The van der Waals surface area contributed by atoms with E-state index < -0.39 is 32.1 Å². The van der Waals surface area contributed by atoms with Crippen LogP contribution in [-0.4, -0.2) is 28.9 Å². The molecule has 0 saturated carbocycles. The number of benzene rings is 4. The van der Waals surface area contributed by atoms with Gasteiger partial charge in [-0.15, -0.1) is 0 Å². The Morgan fingerprint density at radius 3 is 1.10 bits per heavy atom. The van der Waals surface area contributed by atoms with Crippen molar-refractivity contribution >= 4 is 43.5 Å². The fourth-order valence-corrected chi connectivity index (χ4v) is 6.49. The molecule has 0 fully saturated rings. The maximum absolute atomic E-state index is 13.1. The van der Waals surface area contributed by atoms with Gasteiger partial charge in [0.15, 0.2) is 0 Å². The first-order valence-electron chi connectivity index (χ1n) is 12.0. The lowest BCUT2D eigenvalue weighted by atomic mass is 10.2. The van der Waals surface area contributed by atoms with Crippen LogP contribution in [0.4, 0.5) is 21.0 Å². The Morgan fingerprint density at radius 2 is 0.829 bits per heavy atom. The summed E-state index contributed by atoms with van der Waals surface area (Å²) in [5.41, 5.74) is 12.5. The van der Waals surface area contributed by atoms with Gasteiger partial charge in [0.2, 0.25) is 0 Å². The summed E-state index contributed by atoms with van der Waals surface area (Å²) in [4.78, 5) is 24.1. The van der Waals surface area contributed by atoms with Crippen molar-refractivity contribution < 1.29 is 31.2 Å². The molecule has 0 aromatic heterocycles. The quantitative estimate of drug-likeness (QED) is 0.299. The van der Waals surface area contributed by atoms with Crippen molar-refractivity contribution in [2.45, 2.75) is 23.6 Å². The van der Waals surface area contributed by atoms with Gasteiger partial charge in [-0.2, -0.15) is 8.61 Å². The number of carbonyl (C=O) groups excluding carboxylic acids is 2. The van der Waals surface area contributed by atoms with Gasteiger partial charge in [-0.3, -0.25) is 0 Å². The van der Waals surface area contributed by atoms with E-state index in [0.29, 0.717) is 8.61 Å². The highest BCUT2D eigenvalue weighted by atomic mass is 32.2. The second kappa shape index (κ2) is 11.3. The Kier molecular flexibility index (Phi) is 8.03. The fourth-order valence-electron chi connectivity index (χ4n) is 3.84. The van der Waals surface area contributed by atoms with Crippen LogP contribution in [0.2, 0.25) is 0 Å². The van der Waals surface area contributed by atoms with E-state index in [2.05, 4.69) is 0 Å². The fraction of sp³-hybridized carbons (Fsp3) is 0.0714. The Labute approximate surface area is 237 Å². The molecule has 0 spiro atoms. The summed E-state index contributed by atoms with van der Waals surface area (Å²) in [5, 5.41) is 0. The number of amides is 4. The van der Waals surface area contributed by atoms with Gasteiger partial charge in [-0.25, -0.2) is 26.4 Å². The molecule has 4 aromatic rings. The van der Waals surface area contributed by atoms with Crippen molar-refractivity contribution in [3.05, 3.63) is 108 Å². The molecule has 0 unspecified atom stereocenters. The number of aryl methyl sites for hydroxylation is 2. The highest BCUT2D eigenvalue weighted by Crippen LogP contribution is 2.30. The van der Waals surface area contributed by atoms with Gasteiger partial charge in [-0.1, -0.05) is 35.4 Å². The van der Waals surface area contributed by atoms with Crippen LogP contribution < -0.4 is 24.8 Å². The zero-order valence-corrected chi connectivity index (χ0v) is 23.6. The minimum absolute atomic E-state index is 0.000754. The summed E-state index contributed by atoms with van der Waals surface area (Å²) < 4.78 is 59.1. The first-order chi connectivity index (χ1) is 19.3. The molecule has 0 aliphatic rings. The zero-order chi connectivity index (χ0) is 29.9. The Bertz CT molecular complexity index is 1650. The molecule has 0 aliphatic carbocycles. The van der Waals surface area contributed by atoms with Crippen LogP contribution in [-0.2, 0) is 20.0 Å². The summed E-state index contributed by atoms with van der Waals surface area (Å²) in [6.07, 6.45) is 0. The predicted molar refractivity (Wildman–Crippen MR) is 154 cm³/mol. The van der Waals surface area contributed by atoms with Gasteiger partial charge in [0.1, 0.15) is 11.5 Å². The van der Waals surface area contributed by atoms with Crippen molar-refractivity contribution in [2.24, 2.45) is 11.5 Å². The van der Waals surface area contributed by atoms with E-state index >= 15 is 0 Å². The first kappa shape index (κ1) is 29.1. The number of ether oxygens (including phenoxy) is 1. The summed E-state index contributed by atoms with van der Waals surface area (Å²) in [7, 11) is -8.54. The van der Waals surface area contributed by atoms with Crippen molar-refractivity contribution in [1.29, 1.82) is 0 Å². The molecule has 0 atom stereocenters. The molecule has 0 bridgehead atoms. The first-order valence-corrected chi connectivity index (χ1v) is 14.9. The molecule has 0 aliphatic heterocycles. The summed E-state index contributed by atoms with van der Waals surface area (Å²) in [6.45, 7) is 3.60. The topological polar surface area (TPSA) is 170 Å². The lowest BCUT2D eigenvalue weighted by Gasteiger charge is -2.21. The third kappa shape index (κ3) is 6.15. The molecule has 4 N–H and O–H groups in total. The van der Waals surface area contributed by atoms with Crippen LogP contribution in [0.25, 0.3) is 0 Å². The van der Waals surface area contributed by atoms with Crippen molar-refractivity contribution in [1.82, 2.24) is 0 Å². The van der Waals surface area contributed by atoms with Crippen molar-refractivity contribution in [3.63, 3.8) is 0 Å². The molecule has 4 amide bonds. The van der Waals surface area contributed by atoms with Crippen LogP contribution >= 0.6 is 0 Å². The molecule has 4 rings (SSSR count). The average Bonchev–Trinajstić information content (AvgIpc) is 2.91. The number of anilines is 2. The largest absolute Gasteiger partial charge is 0.457 e. The number of nitrogens with two attached hydrogens (primary N) is 2. The third-order valence-electron chi connectivity index (χ3n) is 5.90. The van der Waals surface area contributed by atoms with Crippen LogP contribution in [0.1, 0.15) is 11.1 Å². The highest BCUT2D eigenvalue weighted by molar-refractivity contribution is 7.94. The second-order valence-corrected chi connectivity index (χ2v) is 12.5. The lowest BCUT2D eigenvalue weighted by Crippen LogP contribution is -2.40. The van der Waals surface area contributed by atoms with Gasteiger partial charge in [0, 0.05) is 0 Å². The van der Waals surface area contributed by atoms with Gasteiger partial charge >= 0.3 is 12.1 Å². The number of nitrogens with zero attached hydrogens (tertiary/aromatic N) is 2. The van der Waals surface area contributed by atoms with E-state index in [4.69, 9.17) is 16.2 Å². The molecule has 41 heavy (non-hydrogen) atoms. The van der Waals surface area contributed by atoms with Crippen LogP contribution in [0.3, 0.4) is 0 Å².